The Kier molecular flexibility index (Phi) is 5.68. The summed E-state index contributed by atoms with van der Waals surface area (Å²) in [6, 6.07) is 13.9. The van der Waals surface area contributed by atoms with E-state index in [9.17, 15) is 9.59 Å². The summed E-state index contributed by atoms with van der Waals surface area (Å²) >= 11 is 11.9. The number of hydrogen-bond donors (Lipinski definition) is 1. The number of aromatic nitrogens is 1. The predicted octanol–water partition coefficient (Wildman–Crippen LogP) is 5.07. The third-order valence-electron chi connectivity index (χ3n) is 4.27. The molecule has 3 rings (SSSR count). The first-order valence-electron chi connectivity index (χ1n) is 8.36. The van der Waals surface area contributed by atoms with Gasteiger partial charge in [-0.3, -0.25) is 9.59 Å². The van der Waals surface area contributed by atoms with Crippen LogP contribution in [0.25, 0.3) is 0 Å². The summed E-state index contributed by atoms with van der Waals surface area (Å²) in [6.07, 6.45) is 1.57. The molecule has 1 amide bonds. The molecular weight excluding hydrogens is 383 g/mol. The second kappa shape index (κ2) is 7.99. The van der Waals surface area contributed by atoms with Crippen LogP contribution in [-0.4, -0.2) is 10.5 Å². The number of halogens is 2. The lowest BCUT2D eigenvalue weighted by Crippen LogP contribution is -2.23. The second-order valence-corrected chi connectivity index (χ2v) is 7.21. The van der Waals surface area contributed by atoms with E-state index < -0.39 is 0 Å². The van der Waals surface area contributed by atoms with Crippen molar-refractivity contribution in [2.75, 3.05) is 5.32 Å². The molecule has 0 aliphatic carbocycles. The summed E-state index contributed by atoms with van der Waals surface area (Å²) in [5, 5.41) is 3.53. The number of carbonyl (C=O) groups excluding carboxylic acids is 1. The number of carbonyl (C=O) groups is 1. The van der Waals surface area contributed by atoms with Gasteiger partial charge in [0.25, 0.3) is 11.5 Å². The van der Waals surface area contributed by atoms with Crippen LogP contribution in [0.3, 0.4) is 0 Å². The zero-order valence-corrected chi connectivity index (χ0v) is 16.4. The van der Waals surface area contributed by atoms with Crippen molar-refractivity contribution in [2.24, 2.45) is 0 Å². The molecule has 0 atom stereocenters. The Labute approximate surface area is 167 Å². The fourth-order valence-corrected chi connectivity index (χ4v) is 3.02. The number of amides is 1. The minimum absolute atomic E-state index is 0.165. The molecule has 138 valence electrons. The number of rotatable bonds is 4. The Morgan fingerprint density at radius 3 is 2.52 bits per heavy atom. The van der Waals surface area contributed by atoms with Crippen LogP contribution < -0.4 is 10.9 Å². The van der Waals surface area contributed by atoms with Gasteiger partial charge >= 0.3 is 0 Å². The minimum atomic E-state index is -0.330. The average Bonchev–Trinajstić information content (AvgIpc) is 2.63. The van der Waals surface area contributed by atoms with Gasteiger partial charge < -0.3 is 9.88 Å². The predicted molar refractivity (Wildman–Crippen MR) is 110 cm³/mol. The lowest BCUT2D eigenvalue weighted by atomic mass is 10.1. The number of hydrogen-bond acceptors (Lipinski definition) is 2. The van der Waals surface area contributed by atoms with E-state index in [2.05, 4.69) is 5.32 Å². The van der Waals surface area contributed by atoms with E-state index in [0.29, 0.717) is 27.8 Å². The molecule has 2 aromatic carbocycles. The summed E-state index contributed by atoms with van der Waals surface area (Å²) in [5.41, 5.74) is 4.00. The third kappa shape index (κ3) is 4.59. The van der Waals surface area contributed by atoms with E-state index in [4.69, 9.17) is 23.2 Å². The Bertz CT molecular complexity index is 1070. The zero-order valence-electron chi connectivity index (χ0n) is 14.9. The molecule has 0 aliphatic heterocycles. The van der Waals surface area contributed by atoms with Crippen molar-refractivity contribution in [3.05, 3.63) is 97.4 Å². The summed E-state index contributed by atoms with van der Waals surface area (Å²) in [4.78, 5) is 24.8. The van der Waals surface area contributed by atoms with Crippen molar-refractivity contribution in [1.82, 2.24) is 4.57 Å². The van der Waals surface area contributed by atoms with E-state index in [0.717, 1.165) is 16.7 Å². The van der Waals surface area contributed by atoms with Crippen LogP contribution in [0.4, 0.5) is 5.69 Å². The third-order valence-corrected chi connectivity index (χ3v) is 5.01. The highest BCUT2D eigenvalue weighted by Crippen LogP contribution is 2.25. The lowest BCUT2D eigenvalue weighted by Gasteiger charge is -2.12. The molecule has 0 saturated heterocycles. The van der Waals surface area contributed by atoms with Gasteiger partial charge in [-0.2, -0.15) is 0 Å². The Morgan fingerprint density at radius 2 is 1.78 bits per heavy atom. The molecule has 0 aliphatic rings. The molecule has 0 fully saturated rings. The SMILES string of the molecule is Cc1ccc(C)c(Cn2cc(C(=O)Nc3ccc(Cl)c(Cl)c3)ccc2=O)c1. The van der Waals surface area contributed by atoms with Gasteiger partial charge in [-0.05, 0) is 49.2 Å². The molecule has 0 unspecified atom stereocenters. The van der Waals surface area contributed by atoms with Crippen molar-refractivity contribution in [3.8, 4) is 0 Å². The number of pyridine rings is 1. The smallest absolute Gasteiger partial charge is 0.257 e. The van der Waals surface area contributed by atoms with Gasteiger partial charge in [0.05, 0.1) is 22.2 Å². The van der Waals surface area contributed by atoms with Crippen molar-refractivity contribution in [3.63, 3.8) is 0 Å². The Morgan fingerprint density at radius 1 is 1.00 bits per heavy atom. The monoisotopic (exact) mass is 400 g/mol. The molecular formula is C21H18Cl2N2O2. The molecule has 1 aromatic heterocycles. The van der Waals surface area contributed by atoms with Crippen LogP contribution in [0.1, 0.15) is 27.0 Å². The van der Waals surface area contributed by atoms with E-state index in [1.54, 1.807) is 24.4 Å². The molecule has 6 heteroatoms. The summed E-state index contributed by atoms with van der Waals surface area (Å²) in [6.45, 7) is 4.41. The van der Waals surface area contributed by atoms with Crippen molar-refractivity contribution < 1.29 is 4.79 Å². The van der Waals surface area contributed by atoms with Crippen LogP contribution >= 0.6 is 23.2 Å². The standard InChI is InChI=1S/C21H18Cl2N2O2/c1-13-3-4-14(2)16(9-13)12-25-11-15(5-8-20(25)26)21(27)24-17-6-7-18(22)19(23)10-17/h3-11H,12H2,1-2H3,(H,24,27). The molecule has 1 heterocycles. The summed E-state index contributed by atoms with van der Waals surface area (Å²) in [7, 11) is 0. The average molecular weight is 401 g/mol. The minimum Gasteiger partial charge on any atom is -0.322 e. The highest BCUT2D eigenvalue weighted by Gasteiger charge is 2.10. The van der Waals surface area contributed by atoms with E-state index in [-0.39, 0.29) is 11.5 Å². The summed E-state index contributed by atoms with van der Waals surface area (Å²) in [5.74, 6) is -0.330. The van der Waals surface area contributed by atoms with Gasteiger partial charge in [0.2, 0.25) is 0 Å². The molecule has 0 radical (unpaired) electrons. The number of nitrogens with one attached hydrogen (secondary N) is 1. The molecule has 0 spiro atoms. The number of nitrogens with zero attached hydrogens (tertiary/aromatic N) is 1. The Hall–Kier alpha value is -2.56. The summed E-state index contributed by atoms with van der Waals surface area (Å²) < 4.78 is 1.53. The molecule has 0 bridgehead atoms. The van der Waals surface area contributed by atoms with Crippen molar-refractivity contribution in [2.45, 2.75) is 20.4 Å². The maximum atomic E-state index is 12.5. The fourth-order valence-electron chi connectivity index (χ4n) is 2.72. The van der Waals surface area contributed by atoms with Crippen LogP contribution in [0, 0.1) is 13.8 Å². The quantitative estimate of drug-likeness (QED) is 0.664. The Balaban J connectivity index is 1.86. The van der Waals surface area contributed by atoms with Gasteiger partial charge in [-0.1, -0.05) is 47.0 Å². The second-order valence-electron chi connectivity index (χ2n) is 6.40. The van der Waals surface area contributed by atoms with Gasteiger partial charge in [0.1, 0.15) is 0 Å². The lowest BCUT2D eigenvalue weighted by molar-refractivity contribution is 0.102. The van der Waals surface area contributed by atoms with E-state index >= 15 is 0 Å². The van der Waals surface area contributed by atoms with E-state index in [1.165, 1.54) is 16.7 Å². The first kappa shape index (κ1) is 19.2. The largest absolute Gasteiger partial charge is 0.322 e. The van der Waals surface area contributed by atoms with Crippen molar-refractivity contribution in [1.29, 1.82) is 0 Å². The topological polar surface area (TPSA) is 51.1 Å². The van der Waals surface area contributed by atoms with Gasteiger partial charge in [0, 0.05) is 18.0 Å². The van der Waals surface area contributed by atoms with Gasteiger partial charge in [-0.25, -0.2) is 0 Å². The van der Waals surface area contributed by atoms with Gasteiger partial charge in [0.15, 0.2) is 0 Å². The molecule has 27 heavy (non-hydrogen) atoms. The highest BCUT2D eigenvalue weighted by atomic mass is 35.5. The molecule has 1 N–H and O–H groups in total. The number of benzene rings is 2. The van der Waals surface area contributed by atoms with Crippen LogP contribution in [0.5, 0.6) is 0 Å². The maximum Gasteiger partial charge on any atom is 0.257 e. The number of aryl methyl sites for hydroxylation is 2. The van der Waals surface area contributed by atoms with Crippen LogP contribution in [-0.2, 0) is 6.54 Å². The molecule has 4 nitrogen and oxygen atoms in total. The van der Waals surface area contributed by atoms with E-state index in [1.807, 2.05) is 32.0 Å². The first-order chi connectivity index (χ1) is 12.8. The first-order valence-corrected chi connectivity index (χ1v) is 9.12. The highest BCUT2D eigenvalue weighted by molar-refractivity contribution is 6.42. The maximum absolute atomic E-state index is 12.5. The van der Waals surface area contributed by atoms with Crippen LogP contribution in [0.2, 0.25) is 10.0 Å². The molecule has 3 aromatic rings. The number of anilines is 1. The fraction of sp³-hybridized carbons (Fsp3) is 0.143. The zero-order chi connectivity index (χ0) is 19.6. The van der Waals surface area contributed by atoms with Crippen LogP contribution in [0.15, 0.2) is 59.5 Å². The molecule has 0 saturated carbocycles. The van der Waals surface area contributed by atoms with Gasteiger partial charge in [-0.15, -0.1) is 0 Å². The van der Waals surface area contributed by atoms with Crippen molar-refractivity contribution >= 4 is 34.8 Å². The normalized spacial score (nSPS) is 10.7.